The molecule has 3 fully saturated rings. The molecular weight excluding hydrogens is 426 g/mol. The molecule has 2 saturated heterocycles. The lowest BCUT2D eigenvalue weighted by atomic mass is 9.82. The van der Waals surface area contributed by atoms with Crippen LogP contribution in [0.2, 0.25) is 0 Å². The van der Waals surface area contributed by atoms with Crippen LogP contribution >= 0.6 is 0 Å². The molecule has 0 unspecified atom stereocenters. The fourth-order valence-corrected chi connectivity index (χ4v) is 5.50. The summed E-state index contributed by atoms with van der Waals surface area (Å²) in [4.78, 5) is 21.8. The van der Waals surface area contributed by atoms with Gasteiger partial charge in [0.15, 0.2) is 0 Å². The van der Waals surface area contributed by atoms with Gasteiger partial charge in [-0.2, -0.15) is 5.10 Å². The third-order valence-electron chi connectivity index (χ3n) is 7.60. The number of amides is 1. The number of nitrogens with one attached hydrogen (secondary N) is 2. The second-order valence-electron chi connectivity index (χ2n) is 9.82. The van der Waals surface area contributed by atoms with Crippen LogP contribution in [0.1, 0.15) is 37.2 Å². The topological polar surface area (TPSA) is 89.6 Å². The predicted molar refractivity (Wildman–Crippen MR) is 133 cm³/mol. The van der Waals surface area contributed by atoms with Crippen LogP contribution in [0.5, 0.6) is 0 Å². The number of piperazine rings is 1. The molecule has 2 N–H and O–H groups in total. The number of anilines is 1. The molecule has 0 bridgehead atoms. The molecule has 34 heavy (non-hydrogen) atoms. The van der Waals surface area contributed by atoms with E-state index in [0.29, 0.717) is 24.5 Å². The van der Waals surface area contributed by atoms with E-state index in [1.54, 1.807) is 0 Å². The smallest absolute Gasteiger partial charge is 0.226 e. The number of fused-ring (bicyclic) bond motifs is 1. The van der Waals surface area contributed by atoms with Gasteiger partial charge in [0.2, 0.25) is 5.91 Å². The van der Waals surface area contributed by atoms with Crippen molar-refractivity contribution in [1.29, 1.82) is 5.41 Å². The Morgan fingerprint density at radius 3 is 2.68 bits per heavy atom. The Kier molecular flexibility index (Phi) is 5.53. The Hall–Kier alpha value is -3.26. The van der Waals surface area contributed by atoms with Crippen molar-refractivity contribution in [2.45, 2.75) is 31.6 Å². The molecule has 3 aromatic heterocycles. The number of rotatable bonds is 4. The first-order chi connectivity index (χ1) is 16.7. The van der Waals surface area contributed by atoms with E-state index >= 15 is 0 Å². The van der Waals surface area contributed by atoms with E-state index < -0.39 is 0 Å². The van der Waals surface area contributed by atoms with E-state index in [9.17, 15) is 4.79 Å². The fourth-order valence-electron chi connectivity index (χ4n) is 5.50. The Morgan fingerprint density at radius 2 is 1.97 bits per heavy atom. The maximum Gasteiger partial charge on any atom is 0.226 e. The molecule has 5 heterocycles. The lowest BCUT2D eigenvalue weighted by Crippen LogP contribution is -2.52. The minimum atomic E-state index is 0.0353. The second kappa shape index (κ2) is 8.83. The molecule has 6 rings (SSSR count). The van der Waals surface area contributed by atoms with Gasteiger partial charge in [-0.05, 0) is 61.9 Å². The summed E-state index contributed by atoms with van der Waals surface area (Å²) in [6.45, 7) is 5.21. The van der Waals surface area contributed by atoms with Crippen molar-refractivity contribution >= 4 is 22.8 Å². The molecule has 8 nitrogen and oxygen atoms in total. The molecule has 0 spiro atoms. The predicted octanol–water partition coefficient (Wildman–Crippen LogP) is 2.94. The third kappa shape index (κ3) is 3.96. The van der Waals surface area contributed by atoms with Gasteiger partial charge in [0.1, 0.15) is 0 Å². The largest absolute Gasteiger partial charge is 0.366 e. The average Bonchev–Trinajstić information content (AvgIpc) is 3.32. The number of carbonyl (C=O) groups excluding carboxylic acids is 1. The normalized spacial score (nSPS) is 23.2. The molecular formula is C26H31N7O. The van der Waals surface area contributed by atoms with Gasteiger partial charge in [-0.3, -0.25) is 9.78 Å². The quantitative estimate of drug-likeness (QED) is 0.629. The first-order valence-electron chi connectivity index (χ1n) is 12.4. The van der Waals surface area contributed by atoms with Gasteiger partial charge in [0.25, 0.3) is 0 Å². The zero-order chi connectivity index (χ0) is 23.1. The zero-order valence-electron chi connectivity index (χ0n) is 19.4. The van der Waals surface area contributed by atoms with Gasteiger partial charge >= 0.3 is 0 Å². The van der Waals surface area contributed by atoms with Gasteiger partial charge in [-0.1, -0.05) is 6.07 Å². The highest BCUT2D eigenvalue weighted by atomic mass is 16.2. The summed E-state index contributed by atoms with van der Waals surface area (Å²) in [5.74, 6) is 0.811. The Morgan fingerprint density at radius 1 is 1.12 bits per heavy atom. The summed E-state index contributed by atoms with van der Waals surface area (Å²) in [5.41, 5.74) is 6.25. The molecule has 0 aromatic carbocycles. The molecule has 176 valence electrons. The van der Waals surface area contributed by atoms with Crippen LogP contribution in [0, 0.1) is 11.3 Å². The number of carbonyl (C=O) groups is 1. The van der Waals surface area contributed by atoms with Gasteiger partial charge < -0.3 is 20.5 Å². The highest BCUT2D eigenvalue weighted by Gasteiger charge is 2.34. The molecule has 0 radical (unpaired) electrons. The molecule has 2 aliphatic heterocycles. The van der Waals surface area contributed by atoms with Gasteiger partial charge in [-0.25, -0.2) is 4.52 Å². The summed E-state index contributed by atoms with van der Waals surface area (Å²) in [6, 6.07) is 8.58. The van der Waals surface area contributed by atoms with Gasteiger partial charge in [-0.15, -0.1) is 0 Å². The van der Waals surface area contributed by atoms with Crippen molar-refractivity contribution in [1.82, 2.24) is 24.8 Å². The van der Waals surface area contributed by atoms with E-state index in [0.717, 1.165) is 61.7 Å². The minimum absolute atomic E-state index is 0.0353. The number of hydrogen-bond acceptors (Lipinski definition) is 6. The van der Waals surface area contributed by atoms with Crippen LogP contribution in [0.4, 0.5) is 5.69 Å². The van der Waals surface area contributed by atoms with Crippen LogP contribution in [0.3, 0.4) is 0 Å². The number of piperidine rings is 1. The summed E-state index contributed by atoms with van der Waals surface area (Å²) < 4.78 is 1.93. The maximum absolute atomic E-state index is 12.7. The molecule has 1 aliphatic carbocycles. The molecule has 1 saturated carbocycles. The Balaban J connectivity index is 1.18. The van der Waals surface area contributed by atoms with Gasteiger partial charge in [0.05, 0.1) is 16.9 Å². The van der Waals surface area contributed by atoms with Crippen LogP contribution in [-0.4, -0.2) is 70.4 Å². The van der Waals surface area contributed by atoms with E-state index in [-0.39, 0.29) is 11.8 Å². The molecule has 8 heteroatoms. The maximum atomic E-state index is 12.7. The number of pyridine rings is 1. The summed E-state index contributed by atoms with van der Waals surface area (Å²) in [7, 11) is 0. The fraction of sp³-hybridized carbons (Fsp3) is 0.462. The summed E-state index contributed by atoms with van der Waals surface area (Å²) >= 11 is 0. The van der Waals surface area contributed by atoms with Crippen molar-refractivity contribution < 1.29 is 4.79 Å². The number of nitrogens with zero attached hydrogens (tertiary/aromatic N) is 5. The molecule has 3 aliphatic rings. The van der Waals surface area contributed by atoms with Crippen LogP contribution in [0.25, 0.3) is 16.8 Å². The monoisotopic (exact) mass is 457 g/mol. The minimum Gasteiger partial charge on any atom is -0.366 e. The first kappa shape index (κ1) is 21.3. The SMILES string of the molecule is N=C1CC(C(=O)N2CCN(c3ccnn4cc(-c5ccc([C@@H]6CCCNC6)cn5)cc34)CC2)C1. The average molecular weight is 458 g/mol. The lowest BCUT2D eigenvalue weighted by Gasteiger charge is -2.39. The molecule has 3 aromatic rings. The van der Waals surface area contributed by atoms with Gasteiger partial charge in [0, 0.05) is 68.5 Å². The Bertz CT molecular complexity index is 1200. The van der Waals surface area contributed by atoms with Crippen molar-refractivity contribution in [2.24, 2.45) is 5.92 Å². The Labute approximate surface area is 199 Å². The van der Waals surface area contributed by atoms with E-state index in [2.05, 4.69) is 39.6 Å². The van der Waals surface area contributed by atoms with E-state index in [1.165, 1.54) is 18.4 Å². The van der Waals surface area contributed by atoms with Crippen LogP contribution < -0.4 is 10.2 Å². The summed E-state index contributed by atoms with van der Waals surface area (Å²) in [6.07, 6.45) is 9.65. The number of aromatic nitrogens is 3. The second-order valence-corrected chi connectivity index (χ2v) is 9.82. The van der Waals surface area contributed by atoms with Crippen molar-refractivity contribution in [3.8, 4) is 11.3 Å². The molecule has 1 atom stereocenters. The lowest BCUT2D eigenvalue weighted by molar-refractivity contribution is -0.136. The van der Waals surface area contributed by atoms with Crippen molar-refractivity contribution in [3.05, 3.63) is 48.4 Å². The molecule has 1 amide bonds. The summed E-state index contributed by atoms with van der Waals surface area (Å²) in [5, 5.41) is 15.6. The van der Waals surface area contributed by atoms with E-state index in [4.69, 9.17) is 10.4 Å². The van der Waals surface area contributed by atoms with Crippen LogP contribution in [-0.2, 0) is 4.79 Å². The first-order valence-corrected chi connectivity index (χ1v) is 12.4. The van der Waals surface area contributed by atoms with Crippen molar-refractivity contribution in [3.63, 3.8) is 0 Å². The number of hydrogen-bond donors (Lipinski definition) is 2. The highest BCUT2D eigenvalue weighted by Crippen LogP contribution is 2.30. The van der Waals surface area contributed by atoms with Crippen LogP contribution in [0.15, 0.2) is 42.9 Å². The van der Waals surface area contributed by atoms with E-state index in [1.807, 2.05) is 28.0 Å². The third-order valence-corrected chi connectivity index (χ3v) is 7.60. The van der Waals surface area contributed by atoms with Crippen molar-refractivity contribution in [2.75, 3.05) is 44.2 Å². The zero-order valence-corrected chi connectivity index (χ0v) is 19.4. The highest BCUT2D eigenvalue weighted by molar-refractivity contribution is 5.97. The standard InChI is InChI=1S/C26H31N7O/c27-22-12-20(13-22)26(34)32-10-8-31(9-11-32)24-5-7-30-33-17-21(14-25(24)33)23-4-3-19(16-29-23)18-2-1-6-28-15-18/h3-5,7,14,16-18,20,27-28H,1-2,6,8-13,15H2/t18-,20?/m1/s1.